The van der Waals surface area contributed by atoms with E-state index in [2.05, 4.69) is 57.8 Å². The molecule has 0 unspecified atom stereocenters. The van der Waals surface area contributed by atoms with E-state index in [1.54, 1.807) is 6.92 Å². The molecule has 110 valence electrons. The number of nitrogens with zero attached hydrogens (tertiary/aromatic N) is 2. The van der Waals surface area contributed by atoms with Gasteiger partial charge in [0.2, 0.25) is 0 Å². The molecule has 0 aliphatic heterocycles. The van der Waals surface area contributed by atoms with E-state index in [9.17, 15) is 13.2 Å². The van der Waals surface area contributed by atoms with Gasteiger partial charge in [0, 0.05) is 9.86 Å². The van der Waals surface area contributed by atoms with Crippen molar-refractivity contribution in [3.8, 4) is 0 Å². The number of aryl methyl sites for hydroxylation is 1. The van der Waals surface area contributed by atoms with Crippen molar-refractivity contribution in [2.45, 2.75) is 26.9 Å². The number of benzene rings is 1. The van der Waals surface area contributed by atoms with Crippen LogP contribution in [0.4, 0.5) is 13.2 Å². The first kappa shape index (κ1) is 17.8. The summed E-state index contributed by atoms with van der Waals surface area (Å²) < 4.78 is 39.3. The Morgan fingerprint density at radius 2 is 1.60 bits per heavy atom. The summed E-state index contributed by atoms with van der Waals surface area (Å²) in [6, 6.07) is 1.03. The van der Waals surface area contributed by atoms with Gasteiger partial charge in [0.25, 0.3) is 0 Å². The third kappa shape index (κ3) is 3.51. The first-order chi connectivity index (χ1) is 9.21. The lowest BCUT2D eigenvalue weighted by Crippen LogP contribution is -2.08. The zero-order valence-electron chi connectivity index (χ0n) is 10.7. The number of halogens is 6. The Bertz CT molecular complexity index is 642. The van der Waals surface area contributed by atoms with Crippen LogP contribution in [0.15, 0.2) is 19.9 Å². The predicted molar refractivity (Wildman–Crippen MR) is 83.7 cm³/mol. The lowest BCUT2D eigenvalue weighted by atomic mass is 10.1. The van der Waals surface area contributed by atoms with Gasteiger partial charge in [0.05, 0.1) is 11.1 Å². The molecule has 0 aliphatic rings. The minimum Gasteiger partial charge on any atom is -0.222 e. The molecule has 0 N–H and O–H groups in total. The maximum atomic E-state index is 12.9. The summed E-state index contributed by atoms with van der Waals surface area (Å²) in [6.07, 6.45) is -4.43. The van der Waals surface area contributed by atoms with Crippen molar-refractivity contribution in [2.75, 3.05) is 0 Å². The molecular formula is C12H10Br3F3N2. The molecule has 1 heterocycles. The van der Waals surface area contributed by atoms with E-state index in [1.165, 1.54) is 0 Å². The van der Waals surface area contributed by atoms with Gasteiger partial charge < -0.3 is 0 Å². The Labute approximate surface area is 139 Å². The minimum absolute atomic E-state index is 0.000000000000000444. The van der Waals surface area contributed by atoms with Crippen LogP contribution >= 0.6 is 47.8 Å². The molecule has 0 saturated heterocycles. The summed E-state index contributed by atoms with van der Waals surface area (Å²) >= 11 is 9.23. The van der Waals surface area contributed by atoms with Gasteiger partial charge in [-0.15, -0.1) is 0 Å². The van der Waals surface area contributed by atoms with Gasteiger partial charge in [-0.05, 0) is 66.3 Å². The summed E-state index contributed by atoms with van der Waals surface area (Å²) in [5.74, 6) is 0. The smallest absolute Gasteiger partial charge is 0.222 e. The Kier molecular flexibility index (Phi) is 5.98. The molecule has 0 saturated carbocycles. The number of fused-ring (bicyclic) bond motifs is 1. The Balaban J connectivity index is 0.000000956. The molecule has 1 aromatic heterocycles. The molecule has 1 aromatic carbocycles. The van der Waals surface area contributed by atoms with E-state index in [1.807, 2.05) is 13.8 Å². The first-order valence-electron chi connectivity index (χ1n) is 5.61. The van der Waals surface area contributed by atoms with Crippen LogP contribution in [0.3, 0.4) is 0 Å². The van der Waals surface area contributed by atoms with Crippen molar-refractivity contribution in [3.63, 3.8) is 0 Å². The van der Waals surface area contributed by atoms with Crippen molar-refractivity contribution < 1.29 is 13.2 Å². The number of aromatic nitrogens is 2. The molecule has 0 fully saturated rings. The van der Waals surface area contributed by atoms with Crippen LogP contribution < -0.4 is 0 Å². The summed E-state index contributed by atoms with van der Waals surface area (Å²) in [5, 5.41) is 0.325. The maximum absolute atomic E-state index is 12.9. The SMILES string of the molecule is CC.Cc1c(Br)c(C(F)(F)F)cc2c(Br)nc(Br)nc12. The van der Waals surface area contributed by atoms with Gasteiger partial charge in [-0.2, -0.15) is 13.2 Å². The number of hydrogen-bond donors (Lipinski definition) is 0. The van der Waals surface area contributed by atoms with Crippen molar-refractivity contribution in [1.29, 1.82) is 0 Å². The highest BCUT2D eigenvalue weighted by Gasteiger charge is 2.34. The Morgan fingerprint density at radius 1 is 1.05 bits per heavy atom. The lowest BCUT2D eigenvalue weighted by molar-refractivity contribution is -0.138. The fourth-order valence-corrected chi connectivity index (χ4v) is 3.14. The third-order valence-corrected chi connectivity index (χ3v) is 4.37. The first-order valence-corrected chi connectivity index (χ1v) is 7.98. The highest BCUT2D eigenvalue weighted by atomic mass is 79.9. The monoisotopic (exact) mass is 476 g/mol. The van der Waals surface area contributed by atoms with Crippen LogP contribution in [0.25, 0.3) is 10.9 Å². The Morgan fingerprint density at radius 3 is 2.10 bits per heavy atom. The van der Waals surface area contributed by atoms with E-state index < -0.39 is 11.7 Å². The van der Waals surface area contributed by atoms with Crippen molar-refractivity contribution in [1.82, 2.24) is 9.97 Å². The van der Waals surface area contributed by atoms with Gasteiger partial charge in [-0.25, -0.2) is 9.97 Å². The molecule has 0 aliphatic carbocycles. The molecule has 2 rings (SSSR count). The van der Waals surface area contributed by atoms with Crippen LogP contribution in [-0.2, 0) is 6.18 Å². The number of rotatable bonds is 0. The molecule has 0 atom stereocenters. The van der Waals surface area contributed by atoms with Gasteiger partial charge in [-0.3, -0.25) is 0 Å². The highest BCUT2D eigenvalue weighted by Crippen LogP contribution is 2.40. The van der Waals surface area contributed by atoms with Gasteiger partial charge in [0.15, 0.2) is 4.73 Å². The van der Waals surface area contributed by atoms with E-state index >= 15 is 0 Å². The Hall–Kier alpha value is -0.210. The van der Waals surface area contributed by atoms with Gasteiger partial charge in [0.1, 0.15) is 4.60 Å². The second kappa shape index (κ2) is 6.70. The largest absolute Gasteiger partial charge is 0.417 e. The molecule has 2 nitrogen and oxygen atoms in total. The third-order valence-electron chi connectivity index (χ3n) is 2.39. The van der Waals surface area contributed by atoms with Crippen LogP contribution in [0.5, 0.6) is 0 Å². The van der Waals surface area contributed by atoms with Gasteiger partial charge in [-0.1, -0.05) is 13.8 Å². The van der Waals surface area contributed by atoms with Gasteiger partial charge >= 0.3 is 6.18 Å². The molecule has 2 aromatic rings. The molecule has 0 amide bonds. The molecule has 20 heavy (non-hydrogen) atoms. The van der Waals surface area contributed by atoms with Crippen molar-refractivity contribution >= 4 is 58.7 Å². The summed E-state index contributed by atoms with van der Waals surface area (Å²) in [5.41, 5.74) is 0.145. The van der Waals surface area contributed by atoms with Crippen LogP contribution in [-0.4, -0.2) is 9.97 Å². The van der Waals surface area contributed by atoms with Crippen LogP contribution in [0, 0.1) is 6.92 Å². The van der Waals surface area contributed by atoms with E-state index in [-0.39, 0.29) is 4.47 Å². The standard InChI is InChI=1S/C10H4Br3F3N2.C2H6/c1-3-6(11)5(10(14,15)16)2-4-7(3)17-9(13)18-8(4)12;1-2/h2H,1H3;1-2H3. The molecule has 0 bridgehead atoms. The number of alkyl halides is 3. The zero-order valence-corrected chi connectivity index (χ0v) is 15.5. The van der Waals surface area contributed by atoms with Crippen molar-refractivity contribution in [2.24, 2.45) is 0 Å². The summed E-state index contributed by atoms with van der Waals surface area (Å²) in [7, 11) is 0. The van der Waals surface area contributed by atoms with Crippen LogP contribution in [0.1, 0.15) is 25.0 Å². The molecule has 8 heteroatoms. The second-order valence-corrected chi connectivity index (χ2v) is 5.79. The second-order valence-electron chi connectivity index (χ2n) is 3.54. The lowest BCUT2D eigenvalue weighted by Gasteiger charge is -2.13. The molecular weight excluding hydrogens is 469 g/mol. The fourth-order valence-electron chi connectivity index (χ4n) is 1.55. The number of hydrogen-bond acceptors (Lipinski definition) is 2. The average Bonchev–Trinajstić information content (AvgIpc) is 2.35. The fraction of sp³-hybridized carbons (Fsp3) is 0.333. The summed E-state index contributed by atoms with van der Waals surface area (Å²) in [6.45, 7) is 5.58. The highest BCUT2D eigenvalue weighted by molar-refractivity contribution is 9.11. The zero-order chi connectivity index (χ0) is 15.7. The molecule has 0 radical (unpaired) electrons. The normalized spacial score (nSPS) is 11.2. The minimum atomic E-state index is -4.43. The van der Waals surface area contributed by atoms with Crippen LogP contribution in [0.2, 0.25) is 0 Å². The average molecular weight is 479 g/mol. The van der Waals surface area contributed by atoms with E-state index in [0.717, 1.165) is 6.07 Å². The van der Waals surface area contributed by atoms with E-state index in [4.69, 9.17) is 0 Å². The predicted octanol–water partition coefficient (Wildman–Crippen LogP) is 6.27. The molecule has 0 spiro atoms. The maximum Gasteiger partial charge on any atom is 0.417 e. The summed E-state index contributed by atoms with van der Waals surface area (Å²) in [4.78, 5) is 8.03. The van der Waals surface area contributed by atoms with E-state index in [0.29, 0.717) is 25.8 Å². The topological polar surface area (TPSA) is 25.8 Å². The quantitative estimate of drug-likeness (QED) is 0.329. The van der Waals surface area contributed by atoms with Crippen molar-refractivity contribution in [3.05, 3.63) is 31.0 Å².